The molecule has 6 heteroatoms. The smallest absolute Gasteiger partial charge is 0.242 e. The van der Waals surface area contributed by atoms with Crippen molar-refractivity contribution < 1.29 is 14.4 Å². The molecule has 0 saturated carbocycles. The highest BCUT2D eigenvalue weighted by Gasteiger charge is 2.27. The Bertz CT molecular complexity index is 627. The van der Waals surface area contributed by atoms with Gasteiger partial charge in [0.2, 0.25) is 17.7 Å². The maximum absolute atomic E-state index is 11.9. The quantitative estimate of drug-likeness (QED) is 0.827. The van der Waals surface area contributed by atoms with Crippen LogP contribution < -0.4 is 15.5 Å². The molecule has 2 aliphatic heterocycles. The molecule has 2 aliphatic rings. The lowest BCUT2D eigenvalue weighted by Gasteiger charge is -2.13. The highest BCUT2D eigenvalue weighted by molar-refractivity contribution is 6.01. The zero-order valence-electron chi connectivity index (χ0n) is 11.8. The van der Waals surface area contributed by atoms with E-state index in [4.69, 9.17) is 0 Å². The fourth-order valence-electron chi connectivity index (χ4n) is 2.76. The molecule has 3 amide bonds. The van der Waals surface area contributed by atoms with E-state index < -0.39 is 6.04 Å². The van der Waals surface area contributed by atoms with Crippen LogP contribution in [0.25, 0.3) is 0 Å². The molecule has 1 aromatic carbocycles. The molecule has 1 atom stereocenters. The van der Waals surface area contributed by atoms with E-state index in [1.165, 1.54) is 0 Å². The summed E-state index contributed by atoms with van der Waals surface area (Å²) in [5.41, 5.74) is 2.87. The van der Waals surface area contributed by atoms with E-state index in [2.05, 4.69) is 10.6 Å². The lowest BCUT2D eigenvalue weighted by Crippen LogP contribution is -2.41. The minimum Gasteiger partial charge on any atom is -0.350 e. The number of nitrogens with zero attached hydrogens (tertiary/aromatic N) is 1. The predicted octanol–water partition coefficient (Wildman–Crippen LogP) is 0.100. The molecular formula is C15H17N3O3. The lowest BCUT2D eigenvalue weighted by atomic mass is 10.1. The first-order valence-corrected chi connectivity index (χ1v) is 7.00. The third kappa shape index (κ3) is 2.61. The van der Waals surface area contributed by atoms with Crippen molar-refractivity contribution in [3.8, 4) is 0 Å². The first kappa shape index (κ1) is 13.6. The van der Waals surface area contributed by atoms with Crippen molar-refractivity contribution in [2.75, 3.05) is 11.9 Å². The summed E-state index contributed by atoms with van der Waals surface area (Å²) < 4.78 is 0. The number of rotatable bonds is 3. The summed E-state index contributed by atoms with van der Waals surface area (Å²) in [6, 6.07) is 5.34. The Labute approximate surface area is 122 Å². The fraction of sp³-hybridized carbons (Fsp3) is 0.400. The highest BCUT2D eigenvalue weighted by Crippen LogP contribution is 2.28. The molecule has 0 spiro atoms. The molecule has 0 aromatic heterocycles. The number of hydrogen-bond acceptors (Lipinski definition) is 3. The monoisotopic (exact) mass is 287 g/mol. The Morgan fingerprint density at radius 2 is 2.24 bits per heavy atom. The van der Waals surface area contributed by atoms with Crippen LogP contribution in [0.15, 0.2) is 18.2 Å². The Morgan fingerprint density at radius 1 is 1.43 bits per heavy atom. The van der Waals surface area contributed by atoms with E-state index in [0.717, 1.165) is 16.8 Å². The number of likely N-dealkylation sites (N-methyl/N-ethyl adjacent to an activating group) is 1. The van der Waals surface area contributed by atoms with Gasteiger partial charge in [-0.3, -0.25) is 14.4 Å². The average molecular weight is 287 g/mol. The number of amides is 3. The maximum Gasteiger partial charge on any atom is 0.242 e. The van der Waals surface area contributed by atoms with E-state index in [9.17, 15) is 14.4 Å². The van der Waals surface area contributed by atoms with Crippen LogP contribution in [-0.4, -0.2) is 30.8 Å². The lowest BCUT2D eigenvalue weighted by molar-refractivity contribution is -0.125. The minimum absolute atomic E-state index is 0.0748. The highest BCUT2D eigenvalue weighted by atomic mass is 16.2. The zero-order chi connectivity index (χ0) is 15.0. The van der Waals surface area contributed by atoms with Crippen molar-refractivity contribution >= 4 is 23.4 Å². The van der Waals surface area contributed by atoms with Crippen LogP contribution in [0, 0.1) is 0 Å². The number of carbonyl (C=O) groups is 3. The van der Waals surface area contributed by atoms with Gasteiger partial charge >= 0.3 is 0 Å². The van der Waals surface area contributed by atoms with E-state index >= 15 is 0 Å². The van der Waals surface area contributed by atoms with Crippen LogP contribution in [0.1, 0.15) is 24.0 Å². The molecule has 0 radical (unpaired) electrons. The molecule has 0 bridgehead atoms. The van der Waals surface area contributed by atoms with Gasteiger partial charge in [0.25, 0.3) is 0 Å². The van der Waals surface area contributed by atoms with Crippen LogP contribution >= 0.6 is 0 Å². The Balaban J connectivity index is 1.62. The molecule has 1 fully saturated rings. The van der Waals surface area contributed by atoms with Gasteiger partial charge < -0.3 is 15.5 Å². The molecule has 1 saturated heterocycles. The molecule has 21 heavy (non-hydrogen) atoms. The van der Waals surface area contributed by atoms with Gasteiger partial charge in [-0.05, 0) is 23.6 Å². The van der Waals surface area contributed by atoms with E-state index in [1.54, 1.807) is 11.9 Å². The Hall–Kier alpha value is -2.37. The number of anilines is 1. The number of carbonyl (C=O) groups excluding carboxylic acids is 3. The summed E-state index contributed by atoms with van der Waals surface area (Å²) in [6.07, 6.45) is 1.37. The number of fused-ring (bicyclic) bond motifs is 1. The molecule has 1 unspecified atom stereocenters. The third-order valence-corrected chi connectivity index (χ3v) is 4.00. The second-order valence-electron chi connectivity index (χ2n) is 5.47. The van der Waals surface area contributed by atoms with Gasteiger partial charge in [0.1, 0.15) is 6.04 Å². The van der Waals surface area contributed by atoms with Crippen molar-refractivity contribution in [2.45, 2.75) is 31.8 Å². The third-order valence-electron chi connectivity index (χ3n) is 4.00. The molecule has 2 N–H and O–H groups in total. The molecule has 2 heterocycles. The van der Waals surface area contributed by atoms with Crippen molar-refractivity contribution in [1.82, 2.24) is 10.6 Å². The van der Waals surface area contributed by atoms with Crippen molar-refractivity contribution in [3.63, 3.8) is 0 Å². The normalized spacial score (nSPS) is 20.4. The van der Waals surface area contributed by atoms with Gasteiger partial charge in [-0.15, -0.1) is 0 Å². The number of nitrogens with one attached hydrogen (secondary N) is 2. The zero-order valence-corrected chi connectivity index (χ0v) is 11.8. The van der Waals surface area contributed by atoms with Crippen LogP contribution in [0.4, 0.5) is 5.69 Å². The average Bonchev–Trinajstić information content (AvgIpc) is 3.01. The molecule has 6 nitrogen and oxygen atoms in total. The Morgan fingerprint density at radius 3 is 2.95 bits per heavy atom. The standard InChI is InChI=1S/C15H17N3O3/c1-18-12-4-2-9(6-10(12)7-14(18)20)8-16-15(21)11-3-5-13(19)17-11/h2,4,6,11H,3,5,7-8H2,1H3,(H,16,21)(H,17,19). The van der Waals surface area contributed by atoms with Crippen molar-refractivity contribution in [3.05, 3.63) is 29.3 Å². The summed E-state index contributed by atoms with van der Waals surface area (Å²) in [5, 5.41) is 5.46. The van der Waals surface area contributed by atoms with Gasteiger partial charge in [-0.2, -0.15) is 0 Å². The first-order chi connectivity index (χ1) is 10.0. The second-order valence-corrected chi connectivity index (χ2v) is 5.47. The van der Waals surface area contributed by atoms with Crippen LogP contribution in [0.2, 0.25) is 0 Å². The Kier molecular flexibility index (Phi) is 3.37. The van der Waals surface area contributed by atoms with E-state index in [1.807, 2.05) is 18.2 Å². The maximum atomic E-state index is 11.9. The van der Waals surface area contributed by atoms with Crippen LogP contribution in [0.5, 0.6) is 0 Å². The van der Waals surface area contributed by atoms with Crippen LogP contribution in [0.3, 0.4) is 0 Å². The topological polar surface area (TPSA) is 78.5 Å². The first-order valence-electron chi connectivity index (χ1n) is 7.00. The van der Waals surface area contributed by atoms with Gasteiger partial charge in [-0.25, -0.2) is 0 Å². The van der Waals surface area contributed by atoms with E-state index in [0.29, 0.717) is 25.8 Å². The summed E-state index contributed by atoms with van der Waals surface area (Å²) in [4.78, 5) is 36.3. The fourth-order valence-corrected chi connectivity index (χ4v) is 2.76. The van der Waals surface area contributed by atoms with Crippen LogP contribution in [-0.2, 0) is 27.3 Å². The molecule has 110 valence electrons. The summed E-state index contributed by atoms with van der Waals surface area (Å²) >= 11 is 0. The molecule has 1 aromatic rings. The summed E-state index contributed by atoms with van der Waals surface area (Å²) in [5.74, 6) is -0.149. The largest absolute Gasteiger partial charge is 0.350 e. The molecule has 3 rings (SSSR count). The minimum atomic E-state index is -0.417. The van der Waals surface area contributed by atoms with Gasteiger partial charge in [0.05, 0.1) is 6.42 Å². The van der Waals surface area contributed by atoms with Crippen molar-refractivity contribution in [1.29, 1.82) is 0 Å². The predicted molar refractivity (Wildman–Crippen MR) is 76.6 cm³/mol. The summed E-state index contributed by atoms with van der Waals surface area (Å²) in [7, 11) is 1.76. The summed E-state index contributed by atoms with van der Waals surface area (Å²) in [6.45, 7) is 0.399. The molecular weight excluding hydrogens is 270 g/mol. The van der Waals surface area contributed by atoms with Gasteiger partial charge in [0.15, 0.2) is 0 Å². The van der Waals surface area contributed by atoms with Gasteiger partial charge in [0, 0.05) is 25.7 Å². The number of benzene rings is 1. The van der Waals surface area contributed by atoms with E-state index in [-0.39, 0.29) is 17.7 Å². The SMILES string of the molecule is CN1C(=O)Cc2cc(CNC(=O)C3CCC(=O)N3)ccc21. The number of hydrogen-bond donors (Lipinski definition) is 2. The molecule has 0 aliphatic carbocycles. The second kappa shape index (κ2) is 5.20. The van der Waals surface area contributed by atoms with Crippen molar-refractivity contribution in [2.24, 2.45) is 0 Å². The van der Waals surface area contributed by atoms with Gasteiger partial charge in [-0.1, -0.05) is 12.1 Å².